The highest BCUT2D eigenvalue weighted by Crippen LogP contribution is 2.42. The predicted octanol–water partition coefficient (Wildman–Crippen LogP) is 5.41. The minimum atomic E-state index is -1.61. The first-order chi connectivity index (χ1) is 9.41. The third-order valence-corrected chi connectivity index (χ3v) is 5.98. The van der Waals surface area contributed by atoms with E-state index in [4.69, 9.17) is 9.16 Å². The van der Waals surface area contributed by atoms with E-state index in [1.807, 2.05) is 23.5 Å². The van der Waals surface area contributed by atoms with E-state index in [0.29, 0.717) is 4.58 Å². The zero-order valence-electron chi connectivity index (χ0n) is 13.4. The van der Waals surface area contributed by atoms with Crippen molar-refractivity contribution in [2.45, 2.75) is 38.1 Å². The molecule has 0 radical (unpaired) electrons. The Hall–Kier alpha value is -0.263. The lowest BCUT2D eigenvalue weighted by Crippen LogP contribution is -2.29. The Kier molecular flexibility index (Phi) is 7.33. The van der Waals surface area contributed by atoms with E-state index in [1.165, 1.54) is 5.56 Å². The average Bonchev–Trinajstić information content (AvgIpc) is 2.37. The second-order valence-electron chi connectivity index (χ2n) is 5.37. The molecule has 0 heterocycles. The highest BCUT2D eigenvalue weighted by atomic mass is 32.2. The van der Waals surface area contributed by atoms with Crippen LogP contribution in [-0.4, -0.2) is 26.9 Å². The largest absolute Gasteiger partial charge is 0.542 e. The molecule has 1 rings (SSSR count). The van der Waals surface area contributed by atoms with Gasteiger partial charge < -0.3 is 9.16 Å². The van der Waals surface area contributed by atoms with Crippen LogP contribution in [0.25, 0.3) is 0 Å². The first-order valence-corrected chi connectivity index (χ1v) is 12.5. The number of thioether (sulfide) groups is 2. The first-order valence-electron chi connectivity index (χ1n) is 7.01. The Bertz CT molecular complexity index is 413. The molecular weight excluding hydrogens is 304 g/mol. The fourth-order valence-corrected chi connectivity index (χ4v) is 5.10. The van der Waals surface area contributed by atoms with Gasteiger partial charge in [0.25, 0.3) is 0 Å². The number of hydrogen-bond donors (Lipinski definition) is 0. The van der Waals surface area contributed by atoms with Crippen LogP contribution in [0.3, 0.4) is 0 Å². The van der Waals surface area contributed by atoms with E-state index in [0.717, 1.165) is 23.0 Å². The average molecular weight is 331 g/mol. The van der Waals surface area contributed by atoms with Gasteiger partial charge in [-0.05, 0) is 48.8 Å². The van der Waals surface area contributed by atoms with E-state index in [-0.39, 0.29) is 0 Å². The normalized spacial score (nSPS) is 11.8. The van der Waals surface area contributed by atoms with Gasteiger partial charge in [-0.15, -0.1) is 23.5 Å². The van der Waals surface area contributed by atoms with Gasteiger partial charge in [-0.2, -0.15) is 0 Å². The van der Waals surface area contributed by atoms with Crippen LogP contribution in [0.1, 0.15) is 24.0 Å². The Balaban J connectivity index is 3.01. The van der Waals surface area contributed by atoms with Gasteiger partial charge >= 0.3 is 0 Å². The first kappa shape index (κ1) is 17.8. The fourth-order valence-electron chi connectivity index (χ4n) is 1.79. The summed E-state index contributed by atoms with van der Waals surface area (Å²) in [5.41, 5.74) is 1.31. The Morgan fingerprint density at radius 1 is 1.05 bits per heavy atom. The van der Waals surface area contributed by atoms with E-state index in [1.54, 1.807) is 7.11 Å². The molecule has 0 saturated heterocycles. The molecule has 0 N–H and O–H groups in total. The lowest BCUT2D eigenvalue weighted by atomic mass is 10.2. The zero-order chi connectivity index (χ0) is 15.2. The minimum Gasteiger partial charge on any atom is -0.542 e. The molecule has 0 aliphatic heterocycles. The summed E-state index contributed by atoms with van der Waals surface area (Å²) < 4.78 is 12.1. The summed E-state index contributed by atoms with van der Waals surface area (Å²) in [7, 11) is 0.102. The fraction of sp³-hybridized carbons (Fsp3) is 0.600. The van der Waals surface area contributed by atoms with Crippen LogP contribution >= 0.6 is 23.5 Å². The van der Waals surface area contributed by atoms with Crippen molar-refractivity contribution in [2.24, 2.45) is 0 Å². The molecule has 1 aromatic rings. The summed E-state index contributed by atoms with van der Waals surface area (Å²) in [6, 6.07) is 6.37. The predicted molar refractivity (Wildman–Crippen MR) is 96.0 cm³/mol. The number of methoxy groups -OCH3 is 1. The van der Waals surface area contributed by atoms with Crippen LogP contribution in [0.2, 0.25) is 19.6 Å². The Morgan fingerprint density at radius 2 is 1.65 bits per heavy atom. The lowest BCUT2D eigenvalue weighted by Gasteiger charge is -2.22. The van der Waals surface area contributed by atoms with Crippen molar-refractivity contribution in [3.63, 3.8) is 0 Å². The van der Waals surface area contributed by atoms with Crippen molar-refractivity contribution >= 4 is 31.8 Å². The zero-order valence-corrected chi connectivity index (χ0v) is 16.0. The smallest absolute Gasteiger partial charge is 0.242 e. The number of ether oxygens (including phenoxy) is 1. The molecule has 0 fully saturated rings. The van der Waals surface area contributed by atoms with Gasteiger partial charge in [0.15, 0.2) is 5.75 Å². The summed E-state index contributed by atoms with van der Waals surface area (Å²) in [4.78, 5) is 0. The molecule has 0 aliphatic rings. The molecular formula is C15H26O2S2Si. The van der Waals surface area contributed by atoms with Gasteiger partial charge in [0.2, 0.25) is 8.32 Å². The van der Waals surface area contributed by atoms with Crippen LogP contribution in [0.5, 0.6) is 11.5 Å². The van der Waals surface area contributed by atoms with Crippen molar-refractivity contribution in [3.05, 3.63) is 23.8 Å². The third kappa shape index (κ3) is 5.62. The molecule has 2 nitrogen and oxygen atoms in total. The quantitative estimate of drug-likeness (QED) is 0.468. The van der Waals surface area contributed by atoms with E-state index in [2.05, 4.69) is 51.7 Å². The summed E-state index contributed by atoms with van der Waals surface area (Å²) >= 11 is 3.94. The van der Waals surface area contributed by atoms with Crippen molar-refractivity contribution in [1.82, 2.24) is 0 Å². The van der Waals surface area contributed by atoms with Crippen LogP contribution in [0.15, 0.2) is 18.2 Å². The van der Waals surface area contributed by atoms with E-state index in [9.17, 15) is 0 Å². The van der Waals surface area contributed by atoms with Crippen molar-refractivity contribution in [2.75, 3.05) is 18.6 Å². The highest BCUT2D eigenvalue weighted by molar-refractivity contribution is 8.16. The topological polar surface area (TPSA) is 18.5 Å². The van der Waals surface area contributed by atoms with Crippen LogP contribution in [0.4, 0.5) is 0 Å². The molecule has 1 aromatic carbocycles. The SMILES string of the molecule is CCSC(SCC)c1ccc(O[Si](C)(C)C)c(OC)c1. The van der Waals surface area contributed by atoms with Gasteiger partial charge in [0.05, 0.1) is 11.7 Å². The number of rotatable bonds is 8. The molecule has 0 amide bonds. The molecule has 0 aromatic heterocycles. The molecule has 0 atom stereocenters. The minimum absolute atomic E-state index is 0.472. The van der Waals surface area contributed by atoms with E-state index >= 15 is 0 Å². The summed E-state index contributed by atoms with van der Waals surface area (Å²) in [5.74, 6) is 3.96. The second kappa shape index (κ2) is 8.25. The molecule has 0 aliphatic carbocycles. The second-order valence-corrected chi connectivity index (χ2v) is 12.9. The van der Waals surface area contributed by atoms with Gasteiger partial charge in [0.1, 0.15) is 5.75 Å². The van der Waals surface area contributed by atoms with Gasteiger partial charge in [0, 0.05) is 0 Å². The summed E-state index contributed by atoms with van der Waals surface area (Å²) in [5, 5.41) is 0. The van der Waals surface area contributed by atoms with Crippen LogP contribution in [-0.2, 0) is 0 Å². The maximum atomic E-state index is 6.08. The lowest BCUT2D eigenvalue weighted by molar-refractivity contribution is 0.391. The standard InChI is InChI=1S/C15H26O2S2Si/c1-7-18-15(19-8-2)12-9-10-13(14(11-12)16-3)17-20(4,5)6/h9-11,15H,7-8H2,1-6H3. The summed E-state index contributed by atoms with van der Waals surface area (Å²) in [6.07, 6.45) is 0. The molecule has 0 unspecified atom stereocenters. The molecule has 5 heteroatoms. The van der Waals surface area contributed by atoms with Crippen molar-refractivity contribution < 1.29 is 9.16 Å². The maximum Gasteiger partial charge on any atom is 0.242 e. The van der Waals surface area contributed by atoms with Crippen LogP contribution in [0, 0.1) is 0 Å². The van der Waals surface area contributed by atoms with Gasteiger partial charge in [-0.25, -0.2) is 0 Å². The Morgan fingerprint density at radius 3 is 2.10 bits per heavy atom. The Labute approximate surface area is 133 Å². The third-order valence-electron chi connectivity index (χ3n) is 2.51. The maximum absolute atomic E-state index is 6.08. The molecule has 114 valence electrons. The number of hydrogen-bond acceptors (Lipinski definition) is 4. The molecule has 0 spiro atoms. The monoisotopic (exact) mass is 330 g/mol. The number of benzene rings is 1. The van der Waals surface area contributed by atoms with Gasteiger partial charge in [-0.3, -0.25) is 0 Å². The van der Waals surface area contributed by atoms with E-state index < -0.39 is 8.32 Å². The van der Waals surface area contributed by atoms with Crippen LogP contribution < -0.4 is 9.16 Å². The molecule has 0 saturated carbocycles. The van der Waals surface area contributed by atoms with Gasteiger partial charge in [-0.1, -0.05) is 19.9 Å². The molecule has 0 bridgehead atoms. The van der Waals surface area contributed by atoms with Crippen molar-refractivity contribution in [3.8, 4) is 11.5 Å². The highest BCUT2D eigenvalue weighted by Gasteiger charge is 2.20. The summed E-state index contributed by atoms with van der Waals surface area (Å²) in [6.45, 7) is 11.0. The molecule has 20 heavy (non-hydrogen) atoms. The van der Waals surface area contributed by atoms with Crippen molar-refractivity contribution in [1.29, 1.82) is 0 Å².